The Morgan fingerprint density at radius 1 is 1.36 bits per heavy atom. The summed E-state index contributed by atoms with van der Waals surface area (Å²) in [6.07, 6.45) is 0. The second-order valence-corrected chi connectivity index (χ2v) is 4.54. The number of rotatable bonds is 2. The van der Waals surface area contributed by atoms with Crippen molar-refractivity contribution in [3.8, 4) is 0 Å². The predicted octanol–water partition coefficient (Wildman–Crippen LogP) is 1.51. The smallest absolute Gasteiger partial charge is 0.159 e. The highest BCUT2D eigenvalue weighted by molar-refractivity contribution is 5.83. The van der Waals surface area contributed by atoms with Gasteiger partial charge in [-0.2, -0.15) is 5.10 Å². The van der Waals surface area contributed by atoms with Gasteiger partial charge in [-0.1, -0.05) is 20.8 Å². The SMILES string of the molecule is Cc1nc(C)n(CC(=O)C(C)(C)C)n1. The highest BCUT2D eigenvalue weighted by Crippen LogP contribution is 2.15. The largest absolute Gasteiger partial charge is 0.297 e. The lowest BCUT2D eigenvalue weighted by Gasteiger charge is -2.16. The molecule has 0 N–H and O–H groups in total. The average molecular weight is 195 g/mol. The van der Waals surface area contributed by atoms with Crippen LogP contribution in [0.25, 0.3) is 0 Å². The van der Waals surface area contributed by atoms with E-state index in [9.17, 15) is 4.79 Å². The van der Waals surface area contributed by atoms with E-state index in [1.165, 1.54) is 0 Å². The summed E-state index contributed by atoms with van der Waals surface area (Å²) in [4.78, 5) is 15.9. The van der Waals surface area contributed by atoms with Crippen LogP contribution in [0.4, 0.5) is 0 Å². The van der Waals surface area contributed by atoms with Crippen molar-refractivity contribution in [1.29, 1.82) is 0 Å². The van der Waals surface area contributed by atoms with Crippen molar-refractivity contribution in [2.75, 3.05) is 0 Å². The third kappa shape index (κ3) is 2.40. The number of Topliss-reactive ketones (excluding diaryl/α,β-unsaturated/α-hetero) is 1. The summed E-state index contributed by atoms with van der Waals surface area (Å²) < 4.78 is 1.66. The molecule has 0 atom stereocenters. The molecule has 4 heteroatoms. The van der Waals surface area contributed by atoms with E-state index < -0.39 is 0 Å². The van der Waals surface area contributed by atoms with Crippen LogP contribution < -0.4 is 0 Å². The minimum absolute atomic E-state index is 0.172. The Balaban J connectivity index is 2.80. The van der Waals surface area contributed by atoms with E-state index in [2.05, 4.69) is 10.1 Å². The summed E-state index contributed by atoms with van der Waals surface area (Å²) >= 11 is 0. The number of carbonyl (C=O) groups is 1. The monoisotopic (exact) mass is 195 g/mol. The molecule has 0 aliphatic heterocycles. The first kappa shape index (κ1) is 10.9. The Morgan fingerprint density at radius 3 is 2.29 bits per heavy atom. The fraction of sp³-hybridized carbons (Fsp3) is 0.700. The molecule has 78 valence electrons. The number of ketones is 1. The minimum atomic E-state index is -0.313. The Kier molecular flexibility index (Phi) is 2.73. The van der Waals surface area contributed by atoms with Crippen molar-refractivity contribution in [1.82, 2.24) is 14.8 Å². The lowest BCUT2D eigenvalue weighted by atomic mass is 9.91. The summed E-state index contributed by atoms with van der Waals surface area (Å²) in [5.74, 6) is 1.68. The van der Waals surface area contributed by atoms with Crippen molar-refractivity contribution in [2.24, 2.45) is 5.41 Å². The van der Waals surface area contributed by atoms with Crippen LogP contribution >= 0.6 is 0 Å². The molecule has 0 aliphatic rings. The van der Waals surface area contributed by atoms with E-state index in [1.54, 1.807) is 4.68 Å². The van der Waals surface area contributed by atoms with Crippen LogP contribution in [0.5, 0.6) is 0 Å². The summed E-state index contributed by atoms with van der Waals surface area (Å²) in [6.45, 7) is 9.73. The van der Waals surface area contributed by atoms with Crippen LogP contribution in [-0.2, 0) is 11.3 Å². The quantitative estimate of drug-likeness (QED) is 0.718. The van der Waals surface area contributed by atoms with Gasteiger partial charge in [0.15, 0.2) is 5.78 Å². The first-order valence-corrected chi connectivity index (χ1v) is 4.72. The fourth-order valence-corrected chi connectivity index (χ4v) is 1.08. The molecule has 1 rings (SSSR count). The number of nitrogens with zero attached hydrogens (tertiary/aromatic N) is 3. The predicted molar refractivity (Wildman–Crippen MR) is 54.0 cm³/mol. The molecule has 0 radical (unpaired) electrons. The van der Waals surface area contributed by atoms with Gasteiger partial charge in [-0.05, 0) is 13.8 Å². The topological polar surface area (TPSA) is 47.8 Å². The highest BCUT2D eigenvalue weighted by Gasteiger charge is 2.22. The summed E-state index contributed by atoms with van der Waals surface area (Å²) in [5, 5.41) is 4.15. The van der Waals surface area contributed by atoms with Crippen LogP contribution in [0.3, 0.4) is 0 Å². The Hall–Kier alpha value is -1.19. The normalized spacial score (nSPS) is 11.8. The number of aromatic nitrogens is 3. The lowest BCUT2D eigenvalue weighted by Crippen LogP contribution is -2.26. The maximum absolute atomic E-state index is 11.7. The standard InChI is InChI=1S/C10H17N3O/c1-7-11-8(2)13(12-7)6-9(14)10(3,4)5/h6H2,1-5H3. The molecule has 4 nitrogen and oxygen atoms in total. The Labute approximate surface area is 84.3 Å². The van der Waals surface area contributed by atoms with Crippen molar-refractivity contribution in [3.63, 3.8) is 0 Å². The van der Waals surface area contributed by atoms with Crippen LogP contribution in [0, 0.1) is 19.3 Å². The first-order valence-electron chi connectivity index (χ1n) is 4.72. The van der Waals surface area contributed by atoms with Gasteiger partial charge in [-0.25, -0.2) is 9.67 Å². The fourth-order valence-electron chi connectivity index (χ4n) is 1.08. The molecular formula is C10H17N3O. The van der Waals surface area contributed by atoms with Gasteiger partial charge in [-0.15, -0.1) is 0 Å². The molecule has 0 spiro atoms. The van der Waals surface area contributed by atoms with Gasteiger partial charge in [0, 0.05) is 5.41 Å². The van der Waals surface area contributed by atoms with Gasteiger partial charge < -0.3 is 0 Å². The van der Waals surface area contributed by atoms with Gasteiger partial charge in [0.05, 0.1) is 0 Å². The summed E-state index contributed by atoms with van der Waals surface area (Å²) in [7, 11) is 0. The van der Waals surface area contributed by atoms with E-state index in [0.717, 1.165) is 5.82 Å². The van der Waals surface area contributed by atoms with Crippen molar-refractivity contribution in [3.05, 3.63) is 11.6 Å². The van der Waals surface area contributed by atoms with Crippen molar-refractivity contribution in [2.45, 2.75) is 41.2 Å². The molecule has 0 aromatic carbocycles. The zero-order valence-electron chi connectivity index (χ0n) is 9.46. The van der Waals surface area contributed by atoms with Crippen molar-refractivity contribution >= 4 is 5.78 Å². The van der Waals surface area contributed by atoms with E-state index in [4.69, 9.17) is 0 Å². The van der Waals surface area contributed by atoms with E-state index in [1.807, 2.05) is 34.6 Å². The van der Waals surface area contributed by atoms with Gasteiger partial charge in [0.25, 0.3) is 0 Å². The Morgan fingerprint density at radius 2 is 1.93 bits per heavy atom. The Bertz CT molecular complexity index is 347. The maximum atomic E-state index is 11.7. The molecule has 0 fully saturated rings. The molecule has 0 unspecified atom stereocenters. The average Bonchev–Trinajstić information content (AvgIpc) is 2.28. The zero-order chi connectivity index (χ0) is 10.9. The summed E-state index contributed by atoms with van der Waals surface area (Å²) in [5.41, 5.74) is -0.313. The molecule has 1 aromatic rings. The molecule has 0 amide bonds. The molecule has 0 saturated heterocycles. The molecule has 0 aliphatic carbocycles. The molecule has 14 heavy (non-hydrogen) atoms. The van der Waals surface area contributed by atoms with Gasteiger partial charge in [-0.3, -0.25) is 4.79 Å². The first-order chi connectivity index (χ1) is 6.30. The highest BCUT2D eigenvalue weighted by atomic mass is 16.1. The second-order valence-electron chi connectivity index (χ2n) is 4.54. The van der Waals surface area contributed by atoms with E-state index in [0.29, 0.717) is 12.4 Å². The van der Waals surface area contributed by atoms with Gasteiger partial charge in [0.1, 0.15) is 18.2 Å². The third-order valence-electron chi connectivity index (χ3n) is 2.09. The second kappa shape index (κ2) is 3.52. The number of hydrogen-bond acceptors (Lipinski definition) is 3. The molecule has 1 aromatic heterocycles. The van der Waals surface area contributed by atoms with Gasteiger partial charge in [0.2, 0.25) is 0 Å². The number of hydrogen-bond donors (Lipinski definition) is 0. The zero-order valence-corrected chi connectivity index (χ0v) is 9.46. The van der Waals surface area contributed by atoms with E-state index in [-0.39, 0.29) is 11.2 Å². The van der Waals surface area contributed by atoms with Crippen molar-refractivity contribution < 1.29 is 4.79 Å². The van der Waals surface area contributed by atoms with E-state index >= 15 is 0 Å². The molecule has 1 heterocycles. The number of carbonyl (C=O) groups excluding carboxylic acids is 1. The van der Waals surface area contributed by atoms with Crippen LogP contribution in [0.15, 0.2) is 0 Å². The third-order valence-corrected chi connectivity index (χ3v) is 2.09. The van der Waals surface area contributed by atoms with Gasteiger partial charge >= 0.3 is 0 Å². The molecule has 0 bridgehead atoms. The summed E-state index contributed by atoms with van der Waals surface area (Å²) in [6, 6.07) is 0. The number of aryl methyl sites for hydroxylation is 2. The molecule has 0 saturated carbocycles. The van der Waals surface area contributed by atoms with Crippen LogP contribution in [-0.4, -0.2) is 20.5 Å². The lowest BCUT2D eigenvalue weighted by molar-refractivity contribution is -0.127. The minimum Gasteiger partial charge on any atom is -0.297 e. The molecular weight excluding hydrogens is 178 g/mol. The maximum Gasteiger partial charge on any atom is 0.159 e. The van der Waals surface area contributed by atoms with Crippen LogP contribution in [0.1, 0.15) is 32.4 Å². The van der Waals surface area contributed by atoms with Crippen LogP contribution in [0.2, 0.25) is 0 Å².